The lowest BCUT2D eigenvalue weighted by atomic mass is 10.1. The van der Waals surface area contributed by atoms with E-state index in [0.717, 1.165) is 17.7 Å². The van der Waals surface area contributed by atoms with Crippen molar-refractivity contribution in [2.24, 2.45) is 0 Å². The van der Waals surface area contributed by atoms with E-state index in [1.54, 1.807) is 18.2 Å². The number of anilines is 3. The van der Waals surface area contributed by atoms with Gasteiger partial charge < -0.3 is 25.1 Å². The monoisotopic (exact) mass is 447 g/mol. The molecule has 10 heteroatoms. The smallest absolute Gasteiger partial charge is 0.418 e. The first kappa shape index (κ1) is 22.7. The third kappa shape index (κ3) is 5.60. The third-order valence-electron chi connectivity index (χ3n) is 4.40. The van der Waals surface area contributed by atoms with Gasteiger partial charge in [-0.2, -0.15) is 13.2 Å². The average molecular weight is 447 g/mol. The summed E-state index contributed by atoms with van der Waals surface area (Å²) in [6, 6.07) is 11.3. The molecule has 1 aromatic heterocycles. The summed E-state index contributed by atoms with van der Waals surface area (Å²) in [7, 11) is 1.44. The molecule has 168 valence electrons. The van der Waals surface area contributed by atoms with Crippen molar-refractivity contribution >= 4 is 28.9 Å². The Morgan fingerprint density at radius 1 is 1.03 bits per heavy atom. The molecule has 0 saturated heterocycles. The third-order valence-corrected chi connectivity index (χ3v) is 4.40. The maximum Gasteiger partial charge on any atom is 0.418 e. The molecule has 3 rings (SSSR count). The van der Waals surface area contributed by atoms with Gasteiger partial charge in [0.1, 0.15) is 5.75 Å². The number of aryl methyl sites for hydroxylation is 1. The molecule has 0 unspecified atom stereocenters. The lowest BCUT2D eigenvalue weighted by Gasteiger charge is -2.17. The molecule has 0 bridgehead atoms. The van der Waals surface area contributed by atoms with Crippen molar-refractivity contribution in [2.75, 3.05) is 29.6 Å². The van der Waals surface area contributed by atoms with Crippen molar-refractivity contribution in [1.29, 1.82) is 0 Å². The van der Waals surface area contributed by atoms with Gasteiger partial charge in [0, 0.05) is 11.4 Å². The predicted octanol–water partition coefficient (Wildman–Crippen LogP) is 4.92. The Labute approximate surface area is 181 Å². The molecule has 7 nitrogen and oxygen atoms in total. The fraction of sp³-hybridized carbons (Fsp3) is 0.182. The zero-order valence-electron chi connectivity index (χ0n) is 17.2. The Balaban J connectivity index is 1.72. The Bertz CT molecular complexity index is 1110. The van der Waals surface area contributed by atoms with Crippen molar-refractivity contribution in [3.63, 3.8) is 0 Å². The number of amides is 2. The standard InChI is InChI=1S/C22H20F3N3O4/c1-13-5-8-18(31-2)17(10-13)28-20(29)12-26-16-7-6-14(11-15(16)22(23,24)25)27-21(30)19-4-3-9-32-19/h3-11,26H,12H2,1-2H3,(H,27,30)(H,28,29). The summed E-state index contributed by atoms with van der Waals surface area (Å²) >= 11 is 0. The second-order valence-electron chi connectivity index (χ2n) is 6.80. The number of methoxy groups -OCH3 is 1. The summed E-state index contributed by atoms with van der Waals surface area (Å²) in [6.07, 6.45) is -3.44. The second-order valence-corrected chi connectivity index (χ2v) is 6.80. The molecule has 3 N–H and O–H groups in total. The summed E-state index contributed by atoms with van der Waals surface area (Å²) in [4.78, 5) is 24.3. The molecule has 2 aromatic carbocycles. The number of carbonyl (C=O) groups excluding carboxylic acids is 2. The van der Waals surface area contributed by atoms with Gasteiger partial charge in [-0.05, 0) is 55.0 Å². The first-order chi connectivity index (χ1) is 15.2. The average Bonchev–Trinajstić information content (AvgIpc) is 3.27. The first-order valence-corrected chi connectivity index (χ1v) is 9.42. The Morgan fingerprint density at radius 2 is 1.81 bits per heavy atom. The second kappa shape index (κ2) is 9.46. The van der Waals surface area contributed by atoms with E-state index in [4.69, 9.17) is 9.15 Å². The minimum atomic E-state index is -4.72. The molecule has 0 saturated carbocycles. The first-order valence-electron chi connectivity index (χ1n) is 9.42. The molecule has 2 amide bonds. The minimum Gasteiger partial charge on any atom is -0.495 e. The van der Waals surface area contributed by atoms with Crippen LogP contribution < -0.4 is 20.7 Å². The lowest BCUT2D eigenvalue weighted by Crippen LogP contribution is -2.23. The zero-order valence-corrected chi connectivity index (χ0v) is 17.2. The number of carbonyl (C=O) groups is 2. The molecule has 32 heavy (non-hydrogen) atoms. The molecule has 3 aromatic rings. The largest absolute Gasteiger partial charge is 0.495 e. The highest BCUT2D eigenvalue weighted by atomic mass is 19.4. The summed E-state index contributed by atoms with van der Waals surface area (Å²) in [5.41, 5.74) is -0.124. The van der Waals surface area contributed by atoms with Crippen LogP contribution in [0, 0.1) is 6.92 Å². The van der Waals surface area contributed by atoms with Crippen LogP contribution in [0.25, 0.3) is 0 Å². The van der Waals surface area contributed by atoms with Crippen molar-refractivity contribution in [1.82, 2.24) is 0 Å². The lowest BCUT2D eigenvalue weighted by molar-refractivity contribution is -0.137. The van der Waals surface area contributed by atoms with Crippen molar-refractivity contribution in [3.05, 3.63) is 71.7 Å². The van der Waals surface area contributed by atoms with Crippen LogP contribution in [0.3, 0.4) is 0 Å². The zero-order chi connectivity index (χ0) is 23.3. The number of nitrogens with one attached hydrogen (secondary N) is 3. The van der Waals surface area contributed by atoms with Crippen LogP contribution >= 0.6 is 0 Å². The van der Waals surface area contributed by atoms with E-state index >= 15 is 0 Å². The minimum absolute atomic E-state index is 0.0380. The van der Waals surface area contributed by atoms with E-state index in [1.807, 2.05) is 6.92 Å². The number of furan rings is 1. The van der Waals surface area contributed by atoms with Crippen LogP contribution in [0.4, 0.5) is 30.2 Å². The number of rotatable bonds is 7. The van der Waals surface area contributed by atoms with Gasteiger partial charge in [0.25, 0.3) is 5.91 Å². The molecule has 0 aliphatic heterocycles. The Kier molecular flexibility index (Phi) is 6.72. The highest BCUT2D eigenvalue weighted by molar-refractivity contribution is 6.02. The van der Waals surface area contributed by atoms with Gasteiger partial charge in [-0.25, -0.2) is 0 Å². The fourth-order valence-electron chi connectivity index (χ4n) is 2.90. The van der Waals surface area contributed by atoms with Crippen molar-refractivity contribution in [3.8, 4) is 5.75 Å². The van der Waals surface area contributed by atoms with Gasteiger partial charge in [-0.3, -0.25) is 9.59 Å². The van der Waals surface area contributed by atoms with E-state index in [0.29, 0.717) is 11.4 Å². The van der Waals surface area contributed by atoms with Crippen LogP contribution in [-0.2, 0) is 11.0 Å². The molecule has 0 fully saturated rings. The molecule has 0 spiro atoms. The van der Waals surface area contributed by atoms with Gasteiger partial charge in [-0.1, -0.05) is 6.07 Å². The van der Waals surface area contributed by atoms with Crippen LogP contribution in [0.2, 0.25) is 0 Å². The number of ether oxygens (including phenoxy) is 1. The number of benzene rings is 2. The van der Waals surface area contributed by atoms with Gasteiger partial charge in [-0.15, -0.1) is 0 Å². The summed E-state index contributed by atoms with van der Waals surface area (Å²) in [6.45, 7) is 1.41. The maximum absolute atomic E-state index is 13.6. The normalized spacial score (nSPS) is 11.0. The number of hydrogen-bond acceptors (Lipinski definition) is 5. The number of alkyl halides is 3. The Hall–Kier alpha value is -3.95. The number of hydrogen-bond donors (Lipinski definition) is 3. The topological polar surface area (TPSA) is 92.6 Å². The summed E-state index contributed by atoms with van der Waals surface area (Å²) in [5, 5.41) is 7.45. The summed E-state index contributed by atoms with van der Waals surface area (Å²) < 4.78 is 50.8. The molecule has 0 aliphatic rings. The van der Waals surface area contributed by atoms with Crippen LogP contribution in [0.15, 0.2) is 59.2 Å². The highest BCUT2D eigenvalue weighted by Crippen LogP contribution is 2.36. The quantitative estimate of drug-likeness (QED) is 0.478. The van der Waals surface area contributed by atoms with Gasteiger partial charge in [0.2, 0.25) is 5.91 Å². The maximum atomic E-state index is 13.6. The van der Waals surface area contributed by atoms with Crippen molar-refractivity contribution < 1.29 is 31.9 Å². The van der Waals surface area contributed by atoms with Gasteiger partial charge >= 0.3 is 6.18 Å². The van der Waals surface area contributed by atoms with E-state index < -0.39 is 30.1 Å². The molecular weight excluding hydrogens is 427 g/mol. The summed E-state index contributed by atoms with van der Waals surface area (Å²) in [5.74, 6) is -0.854. The van der Waals surface area contributed by atoms with Crippen LogP contribution in [-0.4, -0.2) is 25.5 Å². The fourth-order valence-corrected chi connectivity index (χ4v) is 2.90. The molecule has 0 radical (unpaired) electrons. The van der Waals surface area contributed by atoms with Crippen molar-refractivity contribution in [2.45, 2.75) is 13.1 Å². The molecular formula is C22H20F3N3O4. The van der Waals surface area contributed by atoms with Crippen LogP contribution in [0.5, 0.6) is 5.75 Å². The van der Waals surface area contributed by atoms with E-state index in [9.17, 15) is 22.8 Å². The predicted molar refractivity (Wildman–Crippen MR) is 113 cm³/mol. The molecule has 1 heterocycles. The highest BCUT2D eigenvalue weighted by Gasteiger charge is 2.34. The van der Waals surface area contributed by atoms with E-state index in [-0.39, 0.29) is 17.1 Å². The van der Waals surface area contributed by atoms with Gasteiger partial charge in [0.05, 0.1) is 31.2 Å². The van der Waals surface area contributed by atoms with Gasteiger partial charge in [0.15, 0.2) is 5.76 Å². The van der Waals surface area contributed by atoms with Crippen LogP contribution in [0.1, 0.15) is 21.7 Å². The molecule has 0 aliphatic carbocycles. The molecule has 0 atom stereocenters. The van der Waals surface area contributed by atoms with E-state index in [1.165, 1.54) is 31.6 Å². The Morgan fingerprint density at radius 3 is 2.47 bits per heavy atom. The van der Waals surface area contributed by atoms with E-state index in [2.05, 4.69) is 16.0 Å². The SMILES string of the molecule is COc1ccc(C)cc1NC(=O)CNc1ccc(NC(=O)c2ccco2)cc1C(F)(F)F. The number of halogens is 3.